The molecule has 4 aromatic heterocycles. The molecule has 5 atom stereocenters. The Labute approximate surface area is 343 Å². The molecule has 291 valence electrons. The van der Waals surface area contributed by atoms with E-state index < -0.39 is 6.10 Å². The molecule has 3 radical (unpaired) electrons. The lowest BCUT2D eigenvalue weighted by atomic mass is 9.58. The Kier molecular flexibility index (Phi) is 12.1. The van der Waals surface area contributed by atoms with Gasteiger partial charge < -0.3 is 9.90 Å². The number of aldehydes is 1. The second-order valence-corrected chi connectivity index (χ2v) is 17.6. The van der Waals surface area contributed by atoms with Gasteiger partial charge in [-0.3, -0.25) is 0 Å². The molecule has 2 fully saturated rings. The summed E-state index contributed by atoms with van der Waals surface area (Å²) in [5.74, 6) is -0.200. The number of thiophene rings is 2. The van der Waals surface area contributed by atoms with Crippen molar-refractivity contribution in [1.82, 2.24) is 19.6 Å². The standard InChI is InChI=1S/C23H23FN2OS.C19H19FN2O.C4H4S.B/c1-23-13-15-14-25-26(18-9-7-17(24)8-10-18)20(15)12-16(23)4-2-5-19(23)22(27)21-6-3-11-28-21;1-19-10-13-11-21-22(17-7-5-16(20)6-8-17)18(13)9-14(19)3-2-4-15(19)12-23;1-2-4-5-3-1;/h3,6-12,14,19,22,27H,2,4-5,13H2,1H3;5-9,11-12,15H,2-4,10H2,1H3;1-4H;/t19-,22-,23+;15-,19+;;/m11../s1. The van der Waals surface area contributed by atoms with Crippen LogP contribution >= 0.6 is 22.7 Å². The topological polar surface area (TPSA) is 72.9 Å². The van der Waals surface area contributed by atoms with Gasteiger partial charge in [-0.15, -0.1) is 11.3 Å². The van der Waals surface area contributed by atoms with Crippen LogP contribution in [0.1, 0.15) is 85.9 Å². The molecule has 2 aromatic carbocycles. The van der Waals surface area contributed by atoms with Gasteiger partial charge in [0.2, 0.25) is 0 Å². The number of carbonyl (C=O) groups excluding carboxylic acids is 1. The highest BCUT2D eigenvalue weighted by Crippen LogP contribution is 2.55. The van der Waals surface area contributed by atoms with Gasteiger partial charge in [-0.2, -0.15) is 21.5 Å². The second kappa shape index (κ2) is 17.0. The van der Waals surface area contributed by atoms with E-state index in [0.29, 0.717) is 0 Å². The Bertz CT molecular complexity index is 2320. The zero-order valence-electron chi connectivity index (χ0n) is 32.2. The zero-order valence-corrected chi connectivity index (χ0v) is 33.9. The molecule has 2 saturated carbocycles. The van der Waals surface area contributed by atoms with E-state index in [1.807, 2.05) is 62.2 Å². The van der Waals surface area contributed by atoms with E-state index in [2.05, 4.69) is 36.2 Å². The third kappa shape index (κ3) is 7.94. The number of aromatic nitrogens is 4. The predicted octanol–water partition coefficient (Wildman–Crippen LogP) is 10.9. The summed E-state index contributed by atoms with van der Waals surface area (Å²) in [4.78, 5) is 12.6. The monoisotopic (exact) mass is 799 g/mol. The Morgan fingerprint density at radius 2 is 1.28 bits per heavy atom. The summed E-state index contributed by atoms with van der Waals surface area (Å²) in [6.45, 7) is 4.51. The fourth-order valence-electron chi connectivity index (χ4n) is 9.34. The van der Waals surface area contributed by atoms with Gasteiger partial charge in [-0.05, 0) is 157 Å². The lowest BCUT2D eigenvalue weighted by Crippen LogP contribution is -2.40. The maximum atomic E-state index is 13.3. The first-order valence-corrected chi connectivity index (χ1v) is 21.2. The van der Waals surface area contributed by atoms with Gasteiger partial charge in [-0.25, -0.2) is 18.1 Å². The van der Waals surface area contributed by atoms with Crippen molar-refractivity contribution in [2.75, 3.05) is 0 Å². The first-order valence-electron chi connectivity index (χ1n) is 19.4. The Morgan fingerprint density at radius 1 is 0.754 bits per heavy atom. The smallest absolute Gasteiger partial charge is 0.123 e. The summed E-state index contributed by atoms with van der Waals surface area (Å²) in [5.41, 5.74) is 8.84. The molecule has 0 aliphatic heterocycles. The number of rotatable bonds is 5. The lowest BCUT2D eigenvalue weighted by Gasteiger charge is -2.47. The van der Waals surface area contributed by atoms with E-state index in [-0.39, 0.29) is 42.7 Å². The number of aliphatic hydroxyl groups is 1. The van der Waals surface area contributed by atoms with Gasteiger partial charge in [0.05, 0.1) is 41.3 Å². The van der Waals surface area contributed by atoms with Crippen LogP contribution in [0.25, 0.3) is 23.5 Å². The summed E-state index contributed by atoms with van der Waals surface area (Å²) in [5, 5.41) is 26.3. The fourth-order valence-corrected chi connectivity index (χ4v) is 10.6. The van der Waals surface area contributed by atoms with Gasteiger partial charge >= 0.3 is 0 Å². The van der Waals surface area contributed by atoms with Crippen molar-refractivity contribution in [3.8, 4) is 11.4 Å². The Morgan fingerprint density at radius 3 is 1.77 bits per heavy atom. The highest BCUT2D eigenvalue weighted by atomic mass is 32.1. The maximum Gasteiger partial charge on any atom is 0.123 e. The van der Waals surface area contributed by atoms with Crippen molar-refractivity contribution in [3.05, 3.63) is 152 Å². The molecule has 1 N–H and O–H groups in total. The minimum Gasteiger partial charge on any atom is -0.387 e. The molecule has 6 nitrogen and oxygen atoms in total. The van der Waals surface area contributed by atoms with Crippen LogP contribution in [-0.4, -0.2) is 39.4 Å². The van der Waals surface area contributed by atoms with Crippen LogP contribution in [0.5, 0.6) is 0 Å². The van der Waals surface area contributed by atoms with E-state index in [1.54, 1.807) is 46.9 Å². The first-order chi connectivity index (χ1) is 27.2. The van der Waals surface area contributed by atoms with Gasteiger partial charge in [0.25, 0.3) is 0 Å². The number of hydrogen-bond donors (Lipinski definition) is 1. The molecular weight excluding hydrogens is 753 g/mol. The van der Waals surface area contributed by atoms with Gasteiger partial charge in [0.1, 0.15) is 17.9 Å². The molecule has 57 heavy (non-hydrogen) atoms. The highest BCUT2D eigenvalue weighted by molar-refractivity contribution is 7.10. The quantitative estimate of drug-likeness (QED) is 0.139. The molecule has 0 amide bonds. The number of allylic oxidation sites excluding steroid dienone is 2. The van der Waals surface area contributed by atoms with Crippen LogP contribution in [0.3, 0.4) is 0 Å². The average Bonchev–Trinajstić information content (AvgIpc) is 4.05. The number of nitrogens with zero attached hydrogens (tertiary/aromatic N) is 4. The number of halogens is 2. The van der Waals surface area contributed by atoms with Crippen LogP contribution in [-0.2, 0) is 17.6 Å². The van der Waals surface area contributed by atoms with E-state index in [9.17, 15) is 18.7 Å². The van der Waals surface area contributed by atoms with Gasteiger partial charge in [-0.1, -0.05) is 43.2 Å². The van der Waals surface area contributed by atoms with E-state index in [0.717, 1.165) is 90.9 Å². The molecule has 6 aromatic rings. The summed E-state index contributed by atoms with van der Waals surface area (Å²) >= 11 is 3.35. The Balaban J connectivity index is 0.000000155. The molecule has 4 heterocycles. The van der Waals surface area contributed by atoms with E-state index in [1.165, 1.54) is 41.0 Å². The van der Waals surface area contributed by atoms with Gasteiger partial charge in [0.15, 0.2) is 0 Å². The SMILES string of the molecule is C[C@]12Cc3cnn(-c4ccc(F)cc4)c3C=C1CCC[C@@H]2C=O.C[C@]12Cc3cnn(-c4ccc(F)cc4)c3C=C1CCC[C@@H]2[C@@H](O)c1cccs1.[B].c1ccsc1. The minimum absolute atomic E-state index is 0. The van der Waals surface area contributed by atoms with Crippen molar-refractivity contribution in [3.63, 3.8) is 0 Å². The third-order valence-electron chi connectivity index (χ3n) is 12.5. The minimum atomic E-state index is -0.428. The molecule has 4 aliphatic carbocycles. The predicted molar refractivity (Wildman–Crippen MR) is 227 cm³/mol. The van der Waals surface area contributed by atoms with E-state index >= 15 is 0 Å². The number of aliphatic hydroxyl groups excluding tert-OH is 1. The van der Waals surface area contributed by atoms with Crippen molar-refractivity contribution in [2.24, 2.45) is 22.7 Å². The van der Waals surface area contributed by atoms with Crippen LogP contribution < -0.4 is 0 Å². The molecule has 11 heteroatoms. The van der Waals surface area contributed by atoms with Gasteiger partial charge in [0, 0.05) is 24.6 Å². The number of benzene rings is 2. The number of carbonyl (C=O) groups is 1. The summed E-state index contributed by atoms with van der Waals surface area (Å²) < 4.78 is 30.2. The summed E-state index contributed by atoms with van der Waals surface area (Å²) in [7, 11) is 0. The van der Waals surface area contributed by atoms with Crippen LogP contribution in [0.4, 0.5) is 8.78 Å². The van der Waals surface area contributed by atoms with Crippen molar-refractivity contribution in [1.29, 1.82) is 0 Å². The zero-order chi connectivity index (χ0) is 38.9. The molecular formula is C46H46BF2N4O2S2. The van der Waals surface area contributed by atoms with Crippen LogP contribution in [0.2, 0.25) is 0 Å². The largest absolute Gasteiger partial charge is 0.387 e. The number of fused-ring (bicyclic) bond motifs is 4. The third-order valence-corrected chi connectivity index (χ3v) is 14.1. The lowest BCUT2D eigenvalue weighted by molar-refractivity contribution is -0.114. The first kappa shape index (κ1) is 40.5. The fraction of sp³-hybridized carbons (Fsp3) is 0.326. The van der Waals surface area contributed by atoms with Crippen LogP contribution in [0, 0.1) is 34.3 Å². The normalized spacial score (nSPS) is 23.5. The Hall–Kier alpha value is -4.71. The van der Waals surface area contributed by atoms with E-state index in [4.69, 9.17) is 0 Å². The second-order valence-electron chi connectivity index (χ2n) is 15.8. The molecule has 0 unspecified atom stereocenters. The van der Waals surface area contributed by atoms with Crippen LogP contribution in [0.15, 0.2) is 112 Å². The summed E-state index contributed by atoms with van der Waals surface area (Å²) in [6, 6.07) is 20.9. The molecule has 0 saturated heterocycles. The number of hydrogen-bond acceptors (Lipinski definition) is 6. The molecule has 4 aliphatic rings. The summed E-state index contributed by atoms with van der Waals surface area (Å²) in [6.07, 6.45) is 17.0. The molecule has 10 rings (SSSR count). The highest BCUT2D eigenvalue weighted by Gasteiger charge is 2.47. The average molecular weight is 800 g/mol. The van der Waals surface area contributed by atoms with Crippen molar-refractivity contribution < 1.29 is 18.7 Å². The van der Waals surface area contributed by atoms with Crippen molar-refractivity contribution in [2.45, 2.75) is 71.3 Å². The van der Waals surface area contributed by atoms with Crippen molar-refractivity contribution >= 4 is 49.5 Å². The molecule has 0 spiro atoms. The molecule has 0 bridgehead atoms. The maximum absolute atomic E-state index is 13.3.